The van der Waals surface area contributed by atoms with Crippen LogP contribution in [0.15, 0.2) is 0 Å². The van der Waals surface area contributed by atoms with Crippen molar-refractivity contribution in [3.05, 3.63) is 0 Å². The maximum Gasteiger partial charge on any atom is 0.0545 e. The average molecular weight is 336 g/mol. The van der Waals surface area contributed by atoms with Gasteiger partial charge in [-0.3, -0.25) is 0 Å². The summed E-state index contributed by atoms with van der Waals surface area (Å²) in [7, 11) is 0. The Morgan fingerprint density at radius 3 is 2.50 bits per heavy atom. The molecule has 0 saturated heterocycles. The molecule has 0 aliphatic heterocycles. The summed E-state index contributed by atoms with van der Waals surface area (Å²) < 4.78 is 0. The molecule has 10 atom stereocenters. The molecule has 24 heavy (non-hydrogen) atoms. The quantitative estimate of drug-likeness (QED) is 0.688. The fourth-order valence-corrected chi connectivity index (χ4v) is 8.33. The lowest BCUT2D eigenvalue weighted by Crippen LogP contribution is -2.61. The number of nitrogens with two attached hydrogens (primary N) is 1. The summed E-state index contributed by atoms with van der Waals surface area (Å²) in [6.45, 7) is 6.90. The van der Waals surface area contributed by atoms with Crippen LogP contribution in [0.1, 0.15) is 72.1 Å². The Bertz CT molecular complexity index is 494. The molecule has 0 spiro atoms. The van der Waals surface area contributed by atoms with Crippen molar-refractivity contribution in [3.63, 3.8) is 0 Å². The minimum Gasteiger partial charge on any atom is -0.393 e. The highest BCUT2D eigenvalue weighted by Gasteiger charge is 2.62. The molecule has 4 rings (SSSR count). The van der Waals surface area contributed by atoms with E-state index < -0.39 is 0 Å². The van der Waals surface area contributed by atoms with Crippen LogP contribution in [0, 0.1) is 40.4 Å². The summed E-state index contributed by atoms with van der Waals surface area (Å²) in [6.07, 6.45) is 8.90. The van der Waals surface area contributed by atoms with Gasteiger partial charge in [0, 0.05) is 6.04 Å². The van der Waals surface area contributed by atoms with Gasteiger partial charge in [-0.25, -0.2) is 0 Å². The van der Waals surface area contributed by atoms with Crippen LogP contribution in [-0.4, -0.2) is 28.5 Å². The number of aliphatic hydroxyl groups is 2. The number of aliphatic hydroxyl groups excluding tert-OH is 2. The van der Waals surface area contributed by atoms with Gasteiger partial charge in [0.25, 0.3) is 0 Å². The van der Waals surface area contributed by atoms with Gasteiger partial charge in [0.1, 0.15) is 0 Å². The maximum absolute atomic E-state index is 10.3. The fraction of sp³-hybridized carbons (Fsp3) is 1.00. The first-order valence-electron chi connectivity index (χ1n) is 10.4. The Balaban J connectivity index is 1.66. The minimum atomic E-state index is -0.208. The summed E-state index contributed by atoms with van der Waals surface area (Å²) in [5.74, 6) is 3.18. The van der Waals surface area contributed by atoms with E-state index >= 15 is 0 Å². The van der Waals surface area contributed by atoms with E-state index in [4.69, 9.17) is 5.73 Å². The highest BCUT2D eigenvalue weighted by molar-refractivity contribution is 5.13. The third kappa shape index (κ3) is 2.27. The van der Waals surface area contributed by atoms with Gasteiger partial charge in [-0.2, -0.15) is 0 Å². The third-order valence-corrected chi connectivity index (χ3v) is 9.30. The first-order valence-corrected chi connectivity index (χ1v) is 10.4. The largest absolute Gasteiger partial charge is 0.393 e. The Kier molecular flexibility index (Phi) is 4.10. The lowest BCUT2D eigenvalue weighted by Gasteiger charge is -2.63. The van der Waals surface area contributed by atoms with E-state index in [2.05, 4.69) is 13.8 Å². The van der Waals surface area contributed by atoms with Crippen LogP contribution in [0.25, 0.3) is 0 Å². The van der Waals surface area contributed by atoms with Crippen LogP contribution >= 0.6 is 0 Å². The zero-order valence-electron chi connectivity index (χ0n) is 15.7. The van der Waals surface area contributed by atoms with Gasteiger partial charge in [-0.15, -0.1) is 0 Å². The van der Waals surface area contributed by atoms with E-state index in [0.29, 0.717) is 23.2 Å². The van der Waals surface area contributed by atoms with E-state index in [1.165, 1.54) is 25.7 Å². The van der Waals surface area contributed by atoms with E-state index in [1.807, 2.05) is 6.92 Å². The smallest absolute Gasteiger partial charge is 0.0545 e. The van der Waals surface area contributed by atoms with Gasteiger partial charge < -0.3 is 15.9 Å². The van der Waals surface area contributed by atoms with Crippen molar-refractivity contribution >= 4 is 0 Å². The molecule has 0 heterocycles. The highest BCUT2D eigenvalue weighted by Crippen LogP contribution is 2.67. The van der Waals surface area contributed by atoms with Crippen LogP contribution in [-0.2, 0) is 0 Å². The molecular weight excluding hydrogens is 298 g/mol. The highest BCUT2D eigenvalue weighted by atomic mass is 16.3. The van der Waals surface area contributed by atoms with E-state index in [9.17, 15) is 10.2 Å². The summed E-state index contributed by atoms with van der Waals surface area (Å²) in [4.78, 5) is 0. The molecule has 4 aliphatic rings. The van der Waals surface area contributed by atoms with Crippen molar-refractivity contribution in [2.75, 3.05) is 0 Å². The second kappa shape index (κ2) is 5.69. The molecule has 0 amide bonds. The van der Waals surface area contributed by atoms with E-state index in [1.54, 1.807) is 0 Å². The van der Waals surface area contributed by atoms with Gasteiger partial charge in [-0.1, -0.05) is 13.8 Å². The molecule has 0 aromatic heterocycles. The Morgan fingerprint density at radius 2 is 1.79 bits per heavy atom. The van der Waals surface area contributed by atoms with Gasteiger partial charge in [0.05, 0.1) is 12.2 Å². The molecule has 3 heteroatoms. The standard InChI is InChI=1S/C21H37NO2/c1-12(23)16-6-7-17-15-5-4-13-10-14(24)8-9-20(13,2)19(15)18(22)11-21(16,17)3/h12-19,23-24H,4-11,22H2,1-3H3/t12-,13+,14+,15-,16-,17+,18-,19-,20-,21+/m0/s1. The zero-order chi connectivity index (χ0) is 17.3. The van der Waals surface area contributed by atoms with Gasteiger partial charge in [0.15, 0.2) is 0 Å². The van der Waals surface area contributed by atoms with Gasteiger partial charge >= 0.3 is 0 Å². The molecule has 4 fully saturated rings. The van der Waals surface area contributed by atoms with Crippen molar-refractivity contribution in [2.45, 2.75) is 90.4 Å². The molecule has 0 aromatic carbocycles. The summed E-state index contributed by atoms with van der Waals surface area (Å²) >= 11 is 0. The Hall–Kier alpha value is -0.120. The van der Waals surface area contributed by atoms with Crippen LogP contribution < -0.4 is 5.73 Å². The first-order chi connectivity index (χ1) is 11.3. The summed E-state index contributed by atoms with van der Waals surface area (Å²) in [5, 5.41) is 20.5. The molecule has 138 valence electrons. The lowest BCUT2D eigenvalue weighted by molar-refractivity contribution is -0.140. The SMILES string of the molecule is C[C@H](O)[C@@H]1CC[C@@H]2[C@@H]3CC[C@@H]4C[C@H](O)CC[C@]4(C)[C@@H]3[C@@H](N)C[C@@]21C. The van der Waals surface area contributed by atoms with Crippen LogP contribution in [0.4, 0.5) is 0 Å². The normalized spacial score (nSPS) is 58.5. The van der Waals surface area contributed by atoms with Crippen LogP contribution in [0.2, 0.25) is 0 Å². The molecule has 0 aromatic rings. The van der Waals surface area contributed by atoms with Crippen molar-refractivity contribution in [2.24, 2.45) is 46.2 Å². The monoisotopic (exact) mass is 335 g/mol. The minimum absolute atomic E-state index is 0.0872. The van der Waals surface area contributed by atoms with Crippen LogP contribution in [0.5, 0.6) is 0 Å². The second-order valence-corrected chi connectivity index (χ2v) is 10.3. The predicted octanol–water partition coefficient (Wildman–Crippen LogP) is 3.32. The number of rotatable bonds is 1. The Labute approximate surface area is 147 Å². The first kappa shape index (κ1) is 17.3. The number of hydrogen-bond acceptors (Lipinski definition) is 3. The Morgan fingerprint density at radius 1 is 1.04 bits per heavy atom. The maximum atomic E-state index is 10.3. The predicted molar refractivity (Wildman–Crippen MR) is 96.3 cm³/mol. The average Bonchev–Trinajstić information content (AvgIpc) is 2.84. The zero-order valence-corrected chi connectivity index (χ0v) is 15.7. The van der Waals surface area contributed by atoms with Crippen molar-refractivity contribution in [3.8, 4) is 0 Å². The molecule has 0 radical (unpaired) electrons. The molecule has 4 N–H and O–H groups in total. The van der Waals surface area contributed by atoms with Crippen molar-refractivity contribution in [1.29, 1.82) is 0 Å². The van der Waals surface area contributed by atoms with Crippen molar-refractivity contribution in [1.82, 2.24) is 0 Å². The molecule has 0 bridgehead atoms. The lowest BCUT2D eigenvalue weighted by atomic mass is 9.43. The van der Waals surface area contributed by atoms with Gasteiger partial charge in [-0.05, 0) is 98.7 Å². The molecule has 3 nitrogen and oxygen atoms in total. The van der Waals surface area contributed by atoms with Gasteiger partial charge in [0.2, 0.25) is 0 Å². The fourth-order valence-electron chi connectivity index (χ4n) is 8.33. The van der Waals surface area contributed by atoms with E-state index in [-0.39, 0.29) is 23.7 Å². The van der Waals surface area contributed by atoms with E-state index in [0.717, 1.165) is 37.5 Å². The molecule has 4 saturated carbocycles. The van der Waals surface area contributed by atoms with Crippen LogP contribution in [0.3, 0.4) is 0 Å². The molecule has 0 unspecified atom stereocenters. The molecule has 4 aliphatic carbocycles. The number of hydrogen-bond donors (Lipinski definition) is 3. The topological polar surface area (TPSA) is 66.5 Å². The van der Waals surface area contributed by atoms with Crippen molar-refractivity contribution < 1.29 is 10.2 Å². The number of fused-ring (bicyclic) bond motifs is 5. The molecular formula is C21H37NO2. The second-order valence-electron chi connectivity index (χ2n) is 10.3. The summed E-state index contributed by atoms with van der Waals surface area (Å²) in [5.41, 5.74) is 7.43. The third-order valence-electron chi connectivity index (χ3n) is 9.30. The summed E-state index contributed by atoms with van der Waals surface area (Å²) in [6, 6.07) is 0.263.